The van der Waals surface area contributed by atoms with Gasteiger partial charge in [0.25, 0.3) is 11.1 Å². The first-order valence-corrected chi connectivity index (χ1v) is 10.9. The minimum absolute atomic E-state index is 0.158. The van der Waals surface area contributed by atoms with E-state index < -0.39 is 5.97 Å². The van der Waals surface area contributed by atoms with E-state index in [0.29, 0.717) is 39.5 Å². The van der Waals surface area contributed by atoms with Gasteiger partial charge in [0, 0.05) is 10.5 Å². The molecule has 2 amide bonds. The second-order valence-electron chi connectivity index (χ2n) is 6.16. The Balaban J connectivity index is 2.31. The van der Waals surface area contributed by atoms with Gasteiger partial charge in [-0.2, -0.15) is 0 Å². The van der Waals surface area contributed by atoms with Crippen LogP contribution in [0.1, 0.15) is 39.7 Å². The van der Waals surface area contributed by atoms with Crippen molar-refractivity contribution in [3.63, 3.8) is 0 Å². The fraction of sp³-hybridized carbons (Fsp3) is 0.450. The number of amides is 2. The van der Waals surface area contributed by atoms with Crippen LogP contribution in [0.5, 0.6) is 11.5 Å². The Bertz CT molecular complexity index is 825. The molecule has 158 valence electrons. The quantitative estimate of drug-likeness (QED) is 0.372. The normalized spacial score (nSPS) is 16.3. The first kappa shape index (κ1) is 23.3. The topological polar surface area (TPSA) is 82.1 Å². The van der Waals surface area contributed by atoms with Crippen molar-refractivity contribution in [3.8, 4) is 11.5 Å². The first-order chi connectivity index (χ1) is 13.8. The van der Waals surface area contributed by atoms with Gasteiger partial charge in [0.1, 0.15) is 0 Å². The average Bonchev–Trinajstić information content (AvgIpc) is 2.96. The van der Waals surface area contributed by atoms with Gasteiger partial charge in [-0.1, -0.05) is 22.9 Å². The van der Waals surface area contributed by atoms with Crippen LogP contribution < -0.4 is 9.47 Å². The lowest BCUT2D eigenvalue weighted by atomic mass is 10.1. The molecule has 1 aromatic rings. The number of ether oxygens (including phenoxy) is 3. The Hall–Kier alpha value is -2.00. The molecule has 1 atom stereocenters. The van der Waals surface area contributed by atoms with Crippen LogP contribution >= 0.6 is 27.7 Å². The summed E-state index contributed by atoms with van der Waals surface area (Å²) in [5, 5.41) is -0.272. The minimum atomic E-state index is -0.478. The zero-order valence-corrected chi connectivity index (χ0v) is 19.2. The maximum atomic E-state index is 12.6. The Morgan fingerprint density at radius 2 is 1.86 bits per heavy atom. The van der Waals surface area contributed by atoms with Gasteiger partial charge >= 0.3 is 5.97 Å². The summed E-state index contributed by atoms with van der Waals surface area (Å²) < 4.78 is 16.6. The highest BCUT2D eigenvalue weighted by molar-refractivity contribution is 9.10. The molecule has 0 radical (unpaired) electrons. The van der Waals surface area contributed by atoms with Gasteiger partial charge in [-0.3, -0.25) is 14.5 Å². The summed E-state index contributed by atoms with van der Waals surface area (Å²) in [5.74, 6) is 0.0137. The third-order valence-corrected chi connectivity index (χ3v) is 5.73. The molecular weight excluding hydrogens is 462 g/mol. The number of hydrogen-bond donors (Lipinski definition) is 0. The lowest BCUT2D eigenvalue weighted by molar-refractivity contribution is -0.145. The van der Waals surface area contributed by atoms with Gasteiger partial charge < -0.3 is 14.2 Å². The second-order valence-corrected chi connectivity index (χ2v) is 8.00. The number of rotatable bonds is 9. The summed E-state index contributed by atoms with van der Waals surface area (Å²) >= 11 is 4.37. The largest absolute Gasteiger partial charge is 0.490 e. The van der Waals surface area contributed by atoms with Crippen LogP contribution in [0.15, 0.2) is 21.5 Å². The Labute approximate surface area is 182 Å². The fourth-order valence-electron chi connectivity index (χ4n) is 2.57. The molecular formula is C20H24BrNO6S. The van der Waals surface area contributed by atoms with Gasteiger partial charge in [-0.15, -0.1) is 0 Å². The van der Waals surface area contributed by atoms with Crippen LogP contribution in [0.25, 0.3) is 6.08 Å². The zero-order valence-electron chi connectivity index (χ0n) is 16.8. The maximum Gasteiger partial charge on any atom is 0.344 e. The molecule has 0 spiro atoms. The van der Waals surface area contributed by atoms with E-state index in [0.717, 1.165) is 11.8 Å². The third-order valence-electron chi connectivity index (χ3n) is 4.16. The van der Waals surface area contributed by atoms with Gasteiger partial charge in [0.05, 0.1) is 18.1 Å². The molecule has 1 aliphatic heterocycles. The van der Waals surface area contributed by atoms with Crippen molar-refractivity contribution in [2.24, 2.45) is 0 Å². The smallest absolute Gasteiger partial charge is 0.344 e. The van der Waals surface area contributed by atoms with Gasteiger partial charge in [-0.05, 0) is 62.7 Å². The van der Waals surface area contributed by atoms with Crippen molar-refractivity contribution in [1.82, 2.24) is 4.90 Å². The summed E-state index contributed by atoms with van der Waals surface area (Å²) in [6.07, 6.45) is 2.34. The zero-order chi connectivity index (χ0) is 21.6. The number of carbonyl (C=O) groups is 3. The molecule has 7 nitrogen and oxygen atoms in total. The van der Waals surface area contributed by atoms with Crippen LogP contribution in [-0.2, 0) is 14.3 Å². The van der Waals surface area contributed by atoms with Crippen molar-refractivity contribution in [3.05, 3.63) is 27.1 Å². The highest BCUT2D eigenvalue weighted by Gasteiger charge is 2.37. The van der Waals surface area contributed by atoms with E-state index in [1.807, 2.05) is 20.8 Å². The highest BCUT2D eigenvalue weighted by atomic mass is 79.9. The summed E-state index contributed by atoms with van der Waals surface area (Å²) in [6.45, 7) is 7.74. The van der Waals surface area contributed by atoms with Crippen LogP contribution in [0, 0.1) is 0 Å². The monoisotopic (exact) mass is 485 g/mol. The molecule has 29 heavy (non-hydrogen) atoms. The van der Waals surface area contributed by atoms with E-state index in [1.54, 1.807) is 25.1 Å². The van der Waals surface area contributed by atoms with Crippen molar-refractivity contribution in [1.29, 1.82) is 0 Å². The van der Waals surface area contributed by atoms with E-state index in [2.05, 4.69) is 15.9 Å². The molecule has 0 N–H and O–H groups in total. The molecule has 1 aromatic carbocycles. The number of benzene rings is 1. The number of imide groups is 1. The van der Waals surface area contributed by atoms with Crippen LogP contribution in [0.3, 0.4) is 0 Å². The molecule has 9 heteroatoms. The highest BCUT2D eigenvalue weighted by Crippen LogP contribution is 2.38. The summed E-state index contributed by atoms with van der Waals surface area (Å²) in [6, 6.07) is 3.20. The standard InChI is InChI=1S/C20H24BrNO6S/c1-5-12(4)22-19(24)17(29-20(22)25)9-13-8-15(26-6-2)16(10-14(13)21)28-11-18(23)27-7-3/h8-10,12H,5-7,11H2,1-4H3/b17-9+/t12-/m0/s1. The SMILES string of the molecule is CCOC(=O)COc1cc(Br)c(/C=C2/SC(=O)N([C@@H](C)CC)C2=O)cc1OCC. The Morgan fingerprint density at radius 3 is 2.48 bits per heavy atom. The number of thioether (sulfide) groups is 1. The van der Waals surface area contributed by atoms with E-state index in [1.165, 1.54) is 4.90 Å². The maximum absolute atomic E-state index is 12.6. The van der Waals surface area contributed by atoms with E-state index >= 15 is 0 Å². The van der Waals surface area contributed by atoms with Crippen LogP contribution in [-0.4, -0.2) is 47.9 Å². The average molecular weight is 486 g/mol. The number of hydrogen-bond acceptors (Lipinski definition) is 7. The molecule has 0 saturated carbocycles. The second kappa shape index (κ2) is 10.7. The van der Waals surface area contributed by atoms with E-state index in [-0.39, 0.29) is 30.4 Å². The molecule has 1 heterocycles. The molecule has 0 unspecified atom stereocenters. The minimum Gasteiger partial charge on any atom is -0.490 e. The summed E-state index contributed by atoms with van der Waals surface area (Å²) in [7, 11) is 0. The Kier molecular flexibility index (Phi) is 8.58. The predicted octanol–water partition coefficient (Wildman–Crippen LogP) is 4.62. The lowest BCUT2D eigenvalue weighted by Crippen LogP contribution is -2.36. The number of esters is 1. The van der Waals surface area contributed by atoms with E-state index in [4.69, 9.17) is 14.2 Å². The molecule has 0 bridgehead atoms. The summed E-state index contributed by atoms with van der Waals surface area (Å²) in [4.78, 5) is 38.1. The van der Waals surface area contributed by atoms with Crippen LogP contribution in [0.2, 0.25) is 0 Å². The van der Waals surface area contributed by atoms with Crippen molar-refractivity contribution < 1.29 is 28.6 Å². The fourth-order valence-corrected chi connectivity index (χ4v) is 3.92. The number of nitrogens with zero attached hydrogens (tertiary/aromatic N) is 1. The van der Waals surface area contributed by atoms with Crippen LogP contribution in [0.4, 0.5) is 4.79 Å². The van der Waals surface area contributed by atoms with Crippen molar-refractivity contribution in [2.45, 2.75) is 40.2 Å². The molecule has 1 aliphatic rings. The van der Waals surface area contributed by atoms with E-state index in [9.17, 15) is 14.4 Å². The summed E-state index contributed by atoms with van der Waals surface area (Å²) in [5.41, 5.74) is 0.659. The number of halogens is 1. The predicted molar refractivity (Wildman–Crippen MR) is 115 cm³/mol. The van der Waals surface area contributed by atoms with Gasteiger partial charge in [0.15, 0.2) is 18.1 Å². The van der Waals surface area contributed by atoms with Crippen molar-refractivity contribution in [2.75, 3.05) is 19.8 Å². The third kappa shape index (κ3) is 5.76. The molecule has 0 aliphatic carbocycles. The molecule has 1 saturated heterocycles. The Morgan fingerprint density at radius 1 is 1.17 bits per heavy atom. The molecule has 2 rings (SSSR count). The lowest BCUT2D eigenvalue weighted by Gasteiger charge is -2.19. The van der Waals surface area contributed by atoms with Gasteiger partial charge in [-0.25, -0.2) is 4.79 Å². The van der Waals surface area contributed by atoms with Gasteiger partial charge in [0.2, 0.25) is 0 Å². The first-order valence-electron chi connectivity index (χ1n) is 9.34. The van der Waals surface area contributed by atoms with Crippen molar-refractivity contribution >= 4 is 50.9 Å². The molecule has 0 aromatic heterocycles. The number of carbonyl (C=O) groups excluding carboxylic acids is 3. The molecule has 1 fully saturated rings.